The summed E-state index contributed by atoms with van der Waals surface area (Å²) in [5, 5.41) is 3.82. The molecule has 0 aromatic heterocycles. The van der Waals surface area contributed by atoms with Gasteiger partial charge in [-0.25, -0.2) is 0 Å². The zero-order valence-corrected chi connectivity index (χ0v) is 21.0. The van der Waals surface area contributed by atoms with Gasteiger partial charge in [-0.05, 0) is 55.2 Å². The lowest BCUT2D eigenvalue weighted by atomic mass is 9.95. The molecule has 33 heavy (non-hydrogen) atoms. The van der Waals surface area contributed by atoms with Gasteiger partial charge in [0, 0.05) is 23.4 Å². The number of halogens is 1. The average Bonchev–Trinajstić information content (AvgIpc) is 2.84. The van der Waals surface area contributed by atoms with E-state index in [0.717, 1.165) is 42.6 Å². The first-order valence-electron chi connectivity index (χ1n) is 11.5. The van der Waals surface area contributed by atoms with Gasteiger partial charge >= 0.3 is 0 Å². The lowest BCUT2D eigenvalue weighted by Gasteiger charge is -2.31. The highest BCUT2D eigenvalue weighted by Gasteiger charge is 2.28. The van der Waals surface area contributed by atoms with E-state index in [4.69, 9.17) is 16.3 Å². The van der Waals surface area contributed by atoms with Crippen LogP contribution < -0.4 is 10.1 Å². The molecule has 2 aromatic rings. The molecule has 7 heteroatoms. The van der Waals surface area contributed by atoms with E-state index in [-0.39, 0.29) is 17.9 Å². The fourth-order valence-corrected chi connectivity index (χ4v) is 5.00. The van der Waals surface area contributed by atoms with Crippen LogP contribution >= 0.6 is 23.4 Å². The summed E-state index contributed by atoms with van der Waals surface area (Å²) in [7, 11) is 1.64. The second kappa shape index (κ2) is 12.9. The number of hydrogen-bond acceptors (Lipinski definition) is 4. The van der Waals surface area contributed by atoms with Gasteiger partial charge in [-0.3, -0.25) is 9.59 Å². The Labute approximate surface area is 206 Å². The van der Waals surface area contributed by atoms with Crippen LogP contribution in [0.5, 0.6) is 5.75 Å². The molecule has 178 valence electrons. The van der Waals surface area contributed by atoms with Gasteiger partial charge in [-0.2, -0.15) is 0 Å². The predicted molar refractivity (Wildman–Crippen MR) is 136 cm³/mol. The first-order chi connectivity index (χ1) is 16.0. The van der Waals surface area contributed by atoms with Crippen molar-refractivity contribution in [1.82, 2.24) is 10.2 Å². The third kappa shape index (κ3) is 7.97. The Kier molecular flexibility index (Phi) is 9.95. The summed E-state index contributed by atoms with van der Waals surface area (Å²) < 4.78 is 5.20. The molecule has 0 saturated heterocycles. The molecular formula is C26H33ClN2O3S. The zero-order chi connectivity index (χ0) is 23.6. The molecule has 2 aromatic carbocycles. The molecular weight excluding hydrogens is 456 g/mol. The Morgan fingerprint density at radius 1 is 1.06 bits per heavy atom. The number of rotatable bonds is 10. The maximum Gasteiger partial charge on any atom is 0.242 e. The molecule has 5 nitrogen and oxygen atoms in total. The highest BCUT2D eigenvalue weighted by molar-refractivity contribution is 7.99. The lowest BCUT2D eigenvalue weighted by molar-refractivity contribution is -0.139. The maximum atomic E-state index is 13.2. The van der Waals surface area contributed by atoms with Crippen LogP contribution in [0.1, 0.15) is 50.2 Å². The topological polar surface area (TPSA) is 58.6 Å². The van der Waals surface area contributed by atoms with E-state index in [2.05, 4.69) is 5.32 Å². The van der Waals surface area contributed by atoms with Crippen molar-refractivity contribution in [3.8, 4) is 5.75 Å². The van der Waals surface area contributed by atoms with E-state index < -0.39 is 6.04 Å². The zero-order valence-electron chi connectivity index (χ0n) is 19.4. The van der Waals surface area contributed by atoms with E-state index in [9.17, 15) is 9.59 Å². The Balaban J connectivity index is 1.63. The Bertz CT molecular complexity index is 899. The number of ether oxygens (including phenoxy) is 1. The highest BCUT2D eigenvalue weighted by atomic mass is 35.5. The molecule has 0 bridgehead atoms. The summed E-state index contributed by atoms with van der Waals surface area (Å²) in [4.78, 5) is 27.9. The normalized spacial score (nSPS) is 15.0. The average molecular weight is 489 g/mol. The van der Waals surface area contributed by atoms with Gasteiger partial charge in [-0.15, -0.1) is 11.8 Å². The number of amides is 2. The van der Waals surface area contributed by atoms with Crippen LogP contribution in [0, 0.1) is 0 Å². The molecule has 1 N–H and O–H groups in total. The second-order valence-electron chi connectivity index (χ2n) is 8.51. The van der Waals surface area contributed by atoms with Crippen LogP contribution in [0.15, 0.2) is 48.5 Å². The molecule has 0 aliphatic heterocycles. The van der Waals surface area contributed by atoms with Gasteiger partial charge in [0.05, 0.1) is 12.9 Å². The van der Waals surface area contributed by atoms with Crippen molar-refractivity contribution in [3.63, 3.8) is 0 Å². The number of carbonyl (C=O) groups is 2. The first-order valence-corrected chi connectivity index (χ1v) is 13.0. The molecule has 1 aliphatic rings. The number of hydrogen-bond donors (Lipinski definition) is 1. The summed E-state index contributed by atoms with van der Waals surface area (Å²) >= 11 is 7.57. The fraction of sp³-hybridized carbons (Fsp3) is 0.462. The molecule has 1 aliphatic carbocycles. The quantitative estimate of drug-likeness (QED) is 0.483. The van der Waals surface area contributed by atoms with Crippen LogP contribution in [0.25, 0.3) is 0 Å². The summed E-state index contributed by atoms with van der Waals surface area (Å²) in [6, 6.07) is 14.9. The Morgan fingerprint density at radius 3 is 2.33 bits per heavy atom. The molecule has 0 spiro atoms. The van der Waals surface area contributed by atoms with Gasteiger partial charge in [-0.1, -0.05) is 55.1 Å². The summed E-state index contributed by atoms with van der Waals surface area (Å²) in [5.74, 6) is 1.71. The molecule has 1 fully saturated rings. The Morgan fingerprint density at radius 2 is 1.70 bits per heavy atom. The minimum absolute atomic E-state index is 0.0465. The van der Waals surface area contributed by atoms with Crippen molar-refractivity contribution >= 4 is 35.2 Å². The van der Waals surface area contributed by atoms with Crippen molar-refractivity contribution in [1.29, 1.82) is 0 Å². The third-order valence-corrected chi connectivity index (χ3v) is 7.28. The number of methoxy groups -OCH3 is 1. The second-order valence-corrected chi connectivity index (χ2v) is 9.93. The number of nitrogens with one attached hydrogen (secondary N) is 1. The third-order valence-electron chi connectivity index (χ3n) is 6.04. The summed E-state index contributed by atoms with van der Waals surface area (Å²) in [5.41, 5.74) is 2.08. The van der Waals surface area contributed by atoms with Crippen LogP contribution in [0.2, 0.25) is 5.02 Å². The summed E-state index contributed by atoms with van der Waals surface area (Å²) in [6.07, 6.45) is 5.56. The van der Waals surface area contributed by atoms with Crippen LogP contribution in [-0.2, 0) is 21.9 Å². The van der Waals surface area contributed by atoms with E-state index in [1.165, 1.54) is 6.42 Å². The minimum Gasteiger partial charge on any atom is -0.497 e. The number of benzene rings is 2. The first kappa shape index (κ1) is 25.4. The van der Waals surface area contributed by atoms with Crippen molar-refractivity contribution in [3.05, 3.63) is 64.7 Å². The molecule has 0 radical (unpaired) electrons. The molecule has 0 heterocycles. The number of nitrogens with zero attached hydrogens (tertiary/aromatic N) is 1. The van der Waals surface area contributed by atoms with Crippen LogP contribution in [0.3, 0.4) is 0 Å². The largest absolute Gasteiger partial charge is 0.497 e. The fourth-order valence-electron chi connectivity index (χ4n) is 4.00. The van der Waals surface area contributed by atoms with Gasteiger partial charge in [0.1, 0.15) is 11.8 Å². The standard InChI is InChI=1S/C26H33ClN2O3S/c1-19(26(31)28-23-6-4-3-5-7-23)29(16-20-8-12-22(27)13-9-20)25(30)18-33-17-21-10-14-24(32-2)15-11-21/h8-15,19,23H,3-7,16-18H2,1-2H3,(H,28,31)/t19-/m0/s1. The predicted octanol–water partition coefficient (Wildman–Crippen LogP) is 5.45. The molecule has 0 unspecified atom stereocenters. The lowest BCUT2D eigenvalue weighted by Crippen LogP contribution is -2.50. The molecule has 1 atom stereocenters. The molecule has 1 saturated carbocycles. The van der Waals surface area contributed by atoms with Crippen molar-refractivity contribution in [2.45, 2.75) is 63.4 Å². The number of thioether (sulfide) groups is 1. The molecule has 3 rings (SSSR count). The molecule has 2 amide bonds. The van der Waals surface area contributed by atoms with Crippen molar-refractivity contribution < 1.29 is 14.3 Å². The van der Waals surface area contributed by atoms with Gasteiger partial charge < -0.3 is 15.0 Å². The van der Waals surface area contributed by atoms with E-state index in [1.54, 1.807) is 23.8 Å². The van der Waals surface area contributed by atoms with Crippen LogP contribution in [-0.4, -0.2) is 41.7 Å². The van der Waals surface area contributed by atoms with Crippen molar-refractivity contribution in [2.75, 3.05) is 12.9 Å². The summed E-state index contributed by atoms with van der Waals surface area (Å²) in [6.45, 7) is 2.19. The Hall–Kier alpha value is -2.18. The van der Waals surface area contributed by atoms with E-state index >= 15 is 0 Å². The van der Waals surface area contributed by atoms with Gasteiger partial charge in [0.15, 0.2) is 0 Å². The van der Waals surface area contributed by atoms with Gasteiger partial charge in [0.25, 0.3) is 0 Å². The maximum absolute atomic E-state index is 13.2. The minimum atomic E-state index is -0.545. The van der Waals surface area contributed by atoms with E-state index in [0.29, 0.717) is 23.1 Å². The SMILES string of the molecule is COc1ccc(CSCC(=O)N(Cc2ccc(Cl)cc2)[C@@H](C)C(=O)NC2CCCCC2)cc1. The number of carbonyl (C=O) groups excluding carboxylic acids is 2. The van der Waals surface area contributed by atoms with E-state index in [1.807, 2.05) is 55.5 Å². The van der Waals surface area contributed by atoms with Crippen molar-refractivity contribution in [2.24, 2.45) is 0 Å². The highest BCUT2D eigenvalue weighted by Crippen LogP contribution is 2.20. The smallest absolute Gasteiger partial charge is 0.242 e. The monoisotopic (exact) mass is 488 g/mol. The van der Waals surface area contributed by atoms with Gasteiger partial charge in [0.2, 0.25) is 11.8 Å². The van der Waals surface area contributed by atoms with Crippen LogP contribution in [0.4, 0.5) is 0 Å².